The number of hydrogen-bond donors (Lipinski definition) is 0. The van der Waals surface area contributed by atoms with Gasteiger partial charge < -0.3 is 9.47 Å². The van der Waals surface area contributed by atoms with Crippen LogP contribution in [0.15, 0.2) is 0 Å². The Labute approximate surface area is 109 Å². The van der Waals surface area contributed by atoms with Crippen molar-refractivity contribution in [3.63, 3.8) is 0 Å². The minimum atomic E-state index is 0.731. The Morgan fingerprint density at radius 1 is 0.812 bits per heavy atom. The van der Waals surface area contributed by atoms with Crippen molar-refractivity contribution in [1.29, 1.82) is 0 Å². The molecule has 0 fully saturated rings. The van der Waals surface area contributed by atoms with Crippen LogP contribution in [0.25, 0.3) is 0 Å². The lowest BCUT2D eigenvalue weighted by atomic mass is 10.2. The van der Waals surface area contributed by atoms with Crippen molar-refractivity contribution in [1.82, 2.24) is 0 Å². The molecule has 0 saturated heterocycles. The van der Waals surface area contributed by atoms with Gasteiger partial charge in [0, 0.05) is 19.1 Å². The molecule has 2 nitrogen and oxygen atoms in total. The molecule has 0 saturated carbocycles. The first-order valence-electron chi connectivity index (χ1n) is 6.12. The third-order valence-electron chi connectivity index (χ3n) is 2.18. The monoisotopic (exact) mass is 268 g/mol. The molecule has 0 unspecified atom stereocenters. The lowest BCUT2D eigenvalue weighted by molar-refractivity contribution is 0.0468. The third kappa shape index (κ3) is 14.6. The van der Waals surface area contributed by atoms with Crippen LogP contribution in [-0.4, -0.2) is 44.3 Å². The van der Waals surface area contributed by atoms with Gasteiger partial charge in [-0.3, -0.25) is 0 Å². The van der Waals surface area contributed by atoms with Crippen LogP contribution in [0.3, 0.4) is 0 Å². The number of unbranched alkanes of at least 4 members (excludes halogenated alkanes) is 3. The summed E-state index contributed by atoms with van der Waals surface area (Å²) in [7, 11) is 0. The van der Waals surface area contributed by atoms with Gasteiger partial charge in [-0.15, -0.1) is 11.6 Å². The fraction of sp³-hybridized carbons (Fsp3) is 1.00. The summed E-state index contributed by atoms with van der Waals surface area (Å²) < 4.78 is 10.9. The van der Waals surface area contributed by atoms with E-state index in [2.05, 4.69) is 6.26 Å². The largest absolute Gasteiger partial charge is 0.379 e. The number of rotatable bonds is 13. The molecule has 0 radical (unpaired) electrons. The summed E-state index contributed by atoms with van der Waals surface area (Å²) in [5.41, 5.74) is 0. The molecule has 0 N–H and O–H groups in total. The standard InChI is InChI=1S/C12H25ClO2S/c1-16-12-6-9-15-11-10-14-8-5-3-2-4-7-13/h2-12H2,1H3. The van der Waals surface area contributed by atoms with E-state index in [0.29, 0.717) is 0 Å². The van der Waals surface area contributed by atoms with Crippen molar-refractivity contribution in [2.75, 3.05) is 44.3 Å². The number of thioether (sulfide) groups is 1. The van der Waals surface area contributed by atoms with Crippen LogP contribution in [0.2, 0.25) is 0 Å². The molecule has 98 valence electrons. The molecule has 0 aliphatic carbocycles. The predicted molar refractivity (Wildman–Crippen MR) is 73.8 cm³/mol. The second-order valence-electron chi connectivity index (χ2n) is 3.67. The summed E-state index contributed by atoms with van der Waals surface area (Å²) in [4.78, 5) is 0. The van der Waals surface area contributed by atoms with Crippen molar-refractivity contribution >= 4 is 23.4 Å². The number of hydrogen-bond acceptors (Lipinski definition) is 3. The van der Waals surface area contributed by atoms with Crippen LogP contribution in [0.1, 0.15) is 32.1 Å². The second-order valence-corrected chi connectivity index (χ2v) is 5.04. The van der Waals surface area contributed by atoms with Gasteiger partial charge in [-0.1, -0.05) is 12.8 Å². The Morgan fingerprint density at radius 3 is 2.06 bits per heavy atom. The van der Waals surface area contributed by atoms with Gasteiger partial charge in [0.1, 0.15) is 0 Å². The highest BCUT2D eigenvalue weighted by Crippen LogP contribution is 2.01. The average molecular weight is 269 g/mol. The molecule has 0 aromatic heterocycles. The highest BCUT2D eigenvalue weighted by atomic mass is 35.5. The number of alkyl halides is 1. The van der Waals surface area contributed by atoms with E-state index in [4.69, 9.17) is 21.1 Å². The Kier molecular flexibility index (Phi) is 16.1. The van der Waals surface area contributed by atoms with Gasteiger partial charge in [0.2, 0.25) is 0 Å². The molecule has 0 amide bonds. The third-order valence-corrected chi connectivity index (χ3v) is 3.15. The van der Waals surface area contributed by atoms with E-state index in [1.807, 2.05) is 11.8 Å². The second kappa shape index (κ2) is 15.6. The topological polar surface area (TPSA) is 18.5 Å². The molecular formula is C12H25ClO2S. The molecule has 0 aliphatic heterocycles. The van der Waals surface area contributed by atoms with Gasteiger partial charge in [-0.05, 0) is 31.3 Å². The minimum absolute atomic E-state index is 0.731. The first-order valence-corrected chi connectivity index (χ1v) is 8.05. The van der Waals surface area contributed by atoms with Crippen LogP contribution in [0, 0.1) is 0 Å². The van der Waals surface area contributed by atoms with E-state index < -0.39 is 0 Å². The van der Waals surface area contributed by atoms with Crippen molar-refractivity contribution in [2.24, 2.45) is 0 Å². The Bertz CT molecular complexity index is 112. The molecule has 16 heavy (non-hydrogen) atoms. The normalized spacial score (nSPS) is 10.9. The molecule has 4 heteroatoms. The Morgan fingerprint density at radius 2 is 1.44 bits per heavy atom. The fourth-order valence-corrected chi connectivity index (χ4v) is 1.87. The van der Waals surface area contributed by atoms with E-state index in [9.17, 15) is 0 Å². The molecule has 0 spiro atoms. The predicted octanol–water partition coefficient (Wildman–Crippen LogP) is 3.57. The van der Waals surface area contributed by atoms with Crippen molar-refractivity contribution in [3.05, 3.63) is 0 Å². The summed E-state index contributed by atoms with van der Waals surface area (Å²) in [6.45, 7) is 3.18. The van der Waals surface area contributed by atoms with Crippen LogP contribution in [0.5, 0.6) is 0 Å². The molecule has 0 rings (SSSR count). The van der Waals surface area contributed by atoms with Gasteiger partial charge in [-0.2, -0.15) is 11.8 Å². The van der Waals surface area contributed by atoms with Crippen molar-refractivity contribution in [2.45, 2.75) is 32.1 Å². The van der Waals surface area contributed by atoms with E-state index in [0.717, 1.165) is 51.6 Å². The molecule has 0 atom stereocenters. The van der Waals surface area contributed by atoms with Gasteiger partial charge in [0.25, 0.3) is 0 Å². The highest BCUT2D eigenvalue weighted by molar-refractivity contribution is 7.98. The van der Waals surface area contributed by atoms with E-state index in [1.54, 1.807) is 0 Å². The van der Waals surface area contributed by atoms with Crippen molar-refractivity contribution < 1.29 is 9.47 Å². The Hall–Kier alpha value is 0.560. The van der Waals surface area contributed by atoms with Gasteiger partial charge in [0.05, 0.1) is 13.2 Å². The molecule has 0 aromatic rings. The summed E-state index contributed by atoms with van der Waals surface area (Å²) >= 11 is 7.45. The SMILES string of the molecule is CSCCCOCCOCCCCCCCl. The molecule has 0 aromatic carbocycles. The molecule has 0 bridgehead atoms. The highest BCUT2D eigenvalue weighted by Gasteiger charge is 1.92. The lowest BCUT2D eigenvalue weighted by Crippen LogP contribution is -2.06. The molecule has 0 aliphatic rings. The zero-order valence-corrected chi connectivity index (χ0v) is 12.0. The smallest absolute Gasteiger partial charge is 0.0700 e. The zero-order chi connectivity index (χ0) is 11.9. The minimum Gasteiger partial charge on any atom is -0.379 e. The van der Waals surface area contributed by atoms with Crippen LogP contribution >= 0.6 is 23.4 Å². The van der Waals surface area contributed by atoms with E-state index in [1.165, 1.54) is 18.6 Å². The lowest BCUT2D eigenvalue weighted by Gasteiger charge is -2.05. The van der Waals surface area contributed by atoms with E-state index in [-0.39, 0.29) is 0 Å². The van der Waals surface area contributed by atoms with Gasteiger partial charge in [0.15, 0.2) is 0 Å². The van der Waals surface area contributed by atoms with Gasteiger partial charge >= 0.3 is 0 Å². The maximum absolute atomic E-state index is 5.59. The van der Waals surface area contributed by atoms with Gasteiger partial charge in [-0.25, -0.2) is 0 Å². The van der Waals surface area contributed by atoms with Crippen LogP contribution < -0.4 is 0 Å². The Balaban J connectivity index is 2.83. The number of ether oxygens (including phenoxy) is 2. The number of halogens is 1. The first kappa shape index (κ1) is 16.6. The first-order chi connectivity index (χ1) is 7.91. The maximum Gasteiger partial charge on any atom is 0.0700 e. The summed E-state index contributed by atoms with van der Waals surface area (Å²) in [5.74, 6) is 1.96. The zero-order valence-electron chi connectivity index (χ0n) is 10.4. The van der Waals surface area contributed by atoms with Crippen LogP contribution in [-0.2, 0) is 9.47 Å². The average Bonchev–Trinajstić information content (AvgIpc) is 2.31. The fourth-order valence-electron chi connectivity index (χ4n) is 1.28. The summed E-state index contributed by atoms with van der Waals surface area (Å²) in [5, 5.41) is 0. The molecular weight excluding hydrogens is 244 g/mol. The van der Waals surface area contributed by atoms with E-state index >= 15 is 0 Å². The van der Waals surface area contributed by atoms with Crippen LogP contribution in [0.4, 0.5) is 0 Å². The summed E-state index contributed by atoms with van der Waals surface area (Å²) in [6, 6.07) is 0. The van der Waals surface area contributed by atoms with Crippen molar-refractivity contribution in [3.8, 4) is 0 Å². The summed E-state index contributed by atoms with van der Waals surface area (Å²) in [6.07, 6.45) is 7.97. The maximum atomic E-state index is 5.59. The quantitative estimate of drug-likeness (QED) is 0.376. The molecule has 0 heterocycles.